The molecule has 0 heterocycles. The minimum absolute atomic E-state index is 0.102. The van der Waals surface area contributed by atoms with Gasteiger partial charge in [-0.3, -0.25) is 9.59 Å². The molecule has 0 aliphatic carbocycles. The lowest BCUT2D eigenvalue weighted by Gasteiger charge is -2.28. The highest BCUT2D eigenvalue weighted by atomic mass is 16.5. The molecule has 2 atom stereocenters. The number of aliphatic hydroxyl groups excluding tert-OH is 1. The fourth-order valence-corrected chi connectivity index (χ4v) is 2.53. The van der Waals surface area contributed by atoms with Crippen molar-refractivity contribution >= 4 is 11.9 Å². The molecule has 6 nitrogen and oxygen atoms in total. The molecule has 0 rings (SSSR count). The van der Waals surface area contributed by atoms with Gasteiger partial charge in [0.2, 0.25) is 0 Å². The Hall–Kier alpha value is -1.92. The van der Waals surface area contributed by atoms with Gasteiger partial charge in [-0.2, -0.15) is 0 Å². The highest BCUT2D eigenvalue weighted by molar-refractivity contribution is 5.71. The number of carbonyl (C=O) groups is 2. The fourth-order valence-electron chi connectivity index (χ4n) is 2.53. The summed E-state index contributed by atoms with van der Waals surface area (Å²) in [5, 5.41) is 19.0. The Morgan fingerprint density at radius 2 is 1.70 bits per heavy atom. The number of rotatable bonds is 14. The van der Waals surface area contributed by atoms with Crippen LogP contribution in [0.2, 0.25) is 0 Å². The average Bonchev–Trinajstić information content (AvgIpc) is 2.50. The molecule has 0 aromatic heterocycles. The molecule has 0 spiro atoms. The number of carbonyl (C=O) groups excluding carboxylic acids is 1. The van der Waals surface area contributed by atoms with Crippen LogP contribution in [0, 0.1) is 0 Å². The van der Waals surface area contributed by atoms with Crippen molar-refractivity contribution in [2.75, 3.05) is 27.7 Å². The number of esters is 1. The first-order valence-corrected chi connectivity index (χ1v) is 9.48. The van der Waals surface area contributed by atoms with Crippen molar-refractivity contribution in [3.05, 3.63) is 36.5 Å². The lowest BCUT2D eigenvalue weighted by atomic mass is 10.1. The highest BCUT2D eigenvalue weighted by Gasteiger charge is 2.25. The Labute approximate surface area is 163 Å². The van der Waals surface area contributed by atoms with E-state index in [4.69, 9.17) is 9.84 Å². The van der Waals surface area contributed by atoms with Crippen LogP contribution in [0.5, 0.6) is 0 Å². The third-order valence-electron chi connectivity index (χ3n) is 3.67. The van der Waals surface area contributed by atoms with Crippen LogP contribution in [0.15, 0.2) is 36.5 Å². The van der Waals surface area contributed by atoms with Crippen LogP contribution >= 0.6 is 0 Å². The molecular weight excluding hydrogens is 346 g/mol. The van der Waals surface area contributed by atoms with Crippen molar-refractivity contribution in [1.29, 1.82) is 0 Å². The van der Waals surface area contributed by atoms with Crippen molar-refractivity contribution in [2.24, 2.45) is 0 Å². The van der Waals surface area contributed by atoms with Gasteiger partial charge in [-0.05, 0) is 26.2 Å². The number of unbranched alkanes of at least 4 members (excludes halogenated alkanes) is 2. The molecule has 0 saturated carbocycles. The number of aliphatic carboxylic acids is 1. The lowest BCUT2D eigenvalue weighted by molar-refractivity contribution is -0.873. The van der Waals surface area contributed by atoms with E-state index in [2.05, 4.69) is 6.08 Å². The molecule has 0 amide bonds. The zero-order valence-corrected chi connectivity index (χ0v) is 17.1. The van der Waals surface area contributed by atoms with Gasteiger partial charge in [0.05, 0.1) is 40.1 Å². The van der Waals surface area contributed by atoms with E-state index in [1.54, 1.807) is 0 Å². The van der Waals surface area contributed by atoms with Gasteiger partial charge in [0.1, 0.15) is 6.54 Å². The van der Waals surface area contributed by atoms with Gasteiger partial charge < -0.3 is 19.4 Å². The number of nitrogens with zero attached hydrogens (tertiary/aromatic N) is 1. The Bertz CT molecular complexity index is 517. The normalized spacial score (nSPS) is 14.9. The lowest BCUT2D eigenvalue weighted by Crippen LogP contribution is -2.44. The Morgan fingerprint density at radius 1 is 1.04 bits per heavy atom. The second kappa shape index (κ2) is 14.2. The van der Waals surface area contributed by atoms with Crippen LogP contribution in [0.3, 0.4) is 0 Å². The maximum Gasteiger partial charge on any atom is 0.308 e. The maximum absolute atomic E-state index is 12.0. The average molecular weight is 383 g/mol. The van der Waals surface area contributed by atoms with Crippen LogP contribution in [-0.4, -0.2) is 66.5 Å². The molecule has 6 heteroatoms. The summed E-state index contributed by atoms with van der Waals surface area (Å²) in [6.45, 7) is 2.37. The molecule has 0 fully saturated rings. The standard InChI is InChI=1S/C21H35NO5/c1-5-6-7-8-9-10-11-12-13-14-18(23)15-21(26)27-19(16-20(24)25)17-22(2,3)4/h5-10,18-19,23H,11-17H2,1-4H3/p+1/b6-5+,8-7+,10-9+. The summed E-state index contributed by atoms with van der Waals surface area (Å²) in [4.78, 5) is 22.9. The molecule has 2 N–H and O–H groups in total. The van der Waals surface area contributed by atoms with Crippen LogP contribution in [0.4, 0.5) is 0 Å². The van der Waals surface area contributed by atoms with Crippen molar-refractivity contribution in [1.82, 2.24) is 0 Å². The van der Waals surface area contributed by atoms with Crippen LogP contribution in [-0.2, 0) is 14.3 Å². The van der Waals surface area contributed by atoms with E-state index in [1.165, 1.54) is 0 Å². The number of hydrogen-bond donors (Lipinski definition) is 2. The highest BCUT2D eigenvalue weighted by Crippen LogP contribution is 2.11. The quantitative estimate of drug-likeness (QED) is 0.209. The fraction of sp³-hybridized carbons (Fsp3) is 0.619. The molecular formula is C21H36NO5+. The molecule has 0 saturated heterocycles. The van der Waals surface area contributed by atoms with E-state index in [0.29, 0.717) is 17.4 Å². The Balaban J connectivity index is 4.12. The molecule has 0 aromatic carbocycles. The zero-order chi connectivity index (χ0) is 20.7. The smallest absolute Gasteiger partial charge is 0.308 e. The Kier molecular flexibility index (Phi) is 13.2. The van der Waals surface area contributed by atoms with E-state index in [0.717, 1.165) is 19.3 Å². The predicted molar refractivity (Wildman–Crippen MR) is 107 cm³/mol. The molecule has 0 aliphatic rings. The SMILES string of the molecule is C/C=C/C=C/C=C/CCCCC(O)CC(=O)OC(CC(=O)O)C[N+](C)(C)C. The largest absolute Gasteiger partial charge is 0.481 e. The first kappa shape index (κ1) is 25.1. The predicted octanol–water partition coefficient (Wildman–Crippen LogP) is 3.08. The summed E-state index contributed by atoms with van der Waals surface area (Å²) in [5.41, 5.74) is 0. The first-order chi connectivity index (χ1) is 12.6. The number of ether oxygens (including phenoxy) is 1. The van der Waals surface area contributed by atoms with Gasteiger partial charge in [0.15, 0.2) is 6.10 Å². The van der Waals surface area contributed by atoms with Gasteiger partial charge in [-0.15, -0.1) is 0 Å². The third-order valence-corrected chi connectivity index (χ3v) is 3.67. The molecule has 0 bridgehead atoms. The van der Waals surface area contributed by atoms with Crippen molar-refractivity contribution in [3.8, 4) is 0 Å². The summed E-state index contributed by atoms with van der Waals surface area (Å²) < 4.78 is 5.77. The zero-order valence-electron chi connectivity index (χ0n) is 17.1. The van der Waals surface area contributed by atoms with E-state index in [9.17, 15) is 14.7 Å². The summed E-state index contributed by atoms with van der Waals surface area (Å²) in [5.74, 6) is -1.55. The van der Waals surface area contributed by atoms with Crippen LogP contribution in [0.25, 0.3) is 0 Å². The molecule has 0 radical (unpaired) electrons. The van der Waals surface area contributed by atoms with E-state index in [1.807, 2.05) is 58.4 Å². The number of allylic oxidation sites excluding steroid dienone is 6. The van der Waals surface area contributed by atoms with Gasteiger partial charge in [0, 0.05) is 0 Å². The molecule has 0 aromatic rings. The molecule has 0 aliphatic heterocycles. The summed E-state index contributed by atoms with van der Waals surface area (Å²) in [6.07, 6.45) is 13.3. The number of carboxylic acids is 1. The number of quaternary nitrogens is 1. The van der Waals surface area contributed by atoms with Gasteiger partial charge >= 0.3 is 11.9 Å². The van der Waals surface area contributed by atoms with E-state index < -0.39 is 24.1 Å². The summed E-state index contributed by atoms with van der Waals surface area (Å²) >= 11 is 0. The second-order valence-corrected chi connectivity index (χ2v) is 7.66. The molecule has 27 heavy (non-hydrogen) atoms. The summed E-state index contributed by atoms with van der Waals surface area (Å²) in [6, 6.07) is 0. The molecule has 154 valence electrons. The maximum atomic E-state index is 12.0. The minimum atomic E-state index is -1.00. The first-order valence-electron chi connectivity index (χ1n) is 9.48. The van der Waals surface area contributed by atoms with Gasteiger partial charge in [0.25, 0.3) is 0 Å². The van der Waals surface area contributed by atoms with Crippen molar-refractivity contribution < 1.29 is 29.0 Å². The molecule has 2 unspecified atom stereocenters. The number of likely N-dealkylation sites (N-methyl/N-ethyl adjacent to an activating group) is 1. The number of aliphatic hydroxyl groups is 1. The Morgan fingerprint density at radius 3 is 2.30 bits per heavy atom. The van der Waals surface area contributed by atoms with Crippen molar-refractivity contribution in [2.45, 2.75) is 57.7 Å². The second-order valence-electron chi connectivity index (χ2n) is 7.66. The topological polar surface area (TPSA) is 83.8 Å². The third kappa shape index (κ3) is 17.3. The van der Waals surface area contributed by atoms with Crippen LogP contribution < -0.4 is 0 Å². The van der Waals surface area contributed by atoms with Gasteiger partial charge in [-0.1, -0.05) is 42.9 Å². The monoisotopic (exact) mass is 382 g/mol. The van der Waals surface area contributed by atoms with Crippen LogP contribution in [0.1, 0.15) is 45.4 Å². The van der Waals surface area contributed by atoms with E-state index in [-0.39, 0.29) is 12.8 Å². The van der Waals surface area contributed by atoms with Gasteiger partial charge in [-0.25, -0.2) is 0 Å². The van der Waals surface area contributed by atoms with Crippen molar-refractivity contribution in [3.63, 3.8) is 0 Å². The van der Waals surface area contributed by atoms with E-state index >= 15 is 0 Å². The minimum Gasteiger partial charge on any atom is -0.481 e. The number of hydrogen-bond acceptors (Lipinski definition) is 4. The summed E-state index contributed by atoms with van der Waals surface area (Å²) in [7, 11) is 5.72. The number of carboxylic acid groups (broad SMARTS) is 1.